The first-order chi connectivity index (χ1) is 4.83. The standard InChI is InChI=1S/C6H10N2OS/c1-5-7-8-6(10-5)3-4-9-2/h3-4H2,1-2H3. The summed E-state index contributed by atoms with van der Waals surface area (Å²) < 4.78 is 4.89. The highest BCUT2D eigenvalue weighted by Gasteiger charge is 1.97. The van der Waals surface area contributed by atoms with Crippen LogP contribution in [0.3, 0.4) is 0 Å². The minimum Gasteiger partial charge on any atom is -0.384 e. The molecular weight excluding hydrogens is 148 g/mol. The van der Waals surface area contributed by atoms with Crippen molar-refractivity contribution in [2.45, 2.75) is 13.3 Å². The van der Waals surface area contributed by atoms with Gasteiger partial charge in [0.1, 0.15) is 10.0 Å². The molecule has 0 spiro atoms. The minimum absolute atomic E-state index is 0.731. The van der Waals surface area contributed by atoms with Crippen molar-refractivity contribution < 1.29 is 4.74 Å². The second-order valence-electron chi connectivity index (χ2n) is 1.96. The second-order valence-corrected chi connectivity index (χ2v) is 3.22. The van der Waals surface area contributed by atoms with Gasteiger partial charge in [-0.2, -0.15) is 0 Å². The van der Waals surface area contributed by atoms with E-state index in [9.17, 15) is 0 Å². The van der Waals surface area contributed by atoms with Crippen molar-refractivity contribution in [1.82, 2.24) is 10.2 Å². The topological polar surface area (TPSA) is 35.0 Å². The van der Waals surface area contributed by atoms with E-state index >= 15 is 0 Å². The van der Waals surface area contributed by atoms with Crippen molar-refractivity contribution in [2.24, 2.45) is 0 Å². The fraction of sp³-hybridized carbons (Fsp3) is 0.667. The molecular formula is C6H10N2OS. The van der Waals surface area contributed by atoms with Crippen LogP contribution in [-0.4, -0.2) is 23.9 Å². The molecule has 1 heterocycles. The van der Waals surface area contributed by atoms with Gasteiger partial charge in [0.15, 0.2) is 0 Å². The van der Waals surface area contributed by atoms with Gasteiger partial charge in [0, 0.05) is 13.5 Å². The Labute approximate surface area is 64.1 Å². The maximum Gasteiger partial charge on any atom is 0.119 e. The van der Waals surface area contributed by atoms with E-state index in [1.807, 2.05) is 6.92 Å². The van der Waals surface area contributed by atoms with E-state index in [0.29, 0.717) is 0 Å². The summed E-state index contributed by atoms with van der Waals surface area (Å²) >= 11 is 1.63. The van der Waals surface area contributed by atoms with Gasteiger partial charge in [0.2, 0.25) is 0 Å². The third-order valence-corrected chi connectivity index (χ3v) is 1.99. The van der Waals surface area contributed by atoms with Crippen LogP contribution in [0.15, 0.2) is 0 Å². The molecule has 0 aliphatic carbocycles. The van der Waals surface area contributed by atoms with Gasteiger partial charge in [-0.25, -0.2) is 0 Å². The van der Waals surface area contributed by atoms with E-state index in [-0.39, 0.29) is 0 Å². The summed E-state index contributed by atoms with van der Waals surface area (Å²) in [6, 6.07) is 0. The van der Waals surface area contributed by atoms with Crippen LogP contribution in [0, 0.1) is 6.92 Å². The second kappa shape index (κ2) is 3.63. The molecule has 0 unspecified atom stereocenters. The van der Waals surface area contributed by atoms with Gasteiger partial charge in [-0.05, 0) is 6.92 Å². The fourth-order valence-electron chi connectivity index (χ4n) is 0.628. The highest BCUT2D eigenvalue weighted by atomic mass is 32.1. The summed E-state index contributed by atoms with van der Waals surface area (Å²) in [5, 5.41) is 9.90. The van der Waals surface area contributed by atoms with Gasteiger partial charge < -0.3 is 4.74 Å². The monoisotopic (exact) mass is 158 g/mol. The number of hydrogen-bond donors (Lipinski definition) is 0. The van der Waals surface area contributed by atoms with Crippen molar-refractivity contribution in [3.63, 3.8) is 0 Å². The third-order valence-electron chi connectivity index (χ3n) is 1.09. The summed E-state index contributed by atoms with van der Waals surface area (Å²) in [4.78, 5) is 0. The van der Waals surface area contributed by atoms with Gasteiger partial charge in [-0.15, -0.1) is 21.5 Å². The Hall–Kier alpha value is -0.480. The van der Waals surface area contributed by atoms with E-state index in [0.717, 1.165) is 23.0 Å². The Balaban J connectivity index is 2.42. The SMILES string of the molecule is COCCc1nnc(C)s1. The van der Waals surface area contributed by atoms with Crippen molar-refractivity contribution in [3.05, 3.63) is 10.0 Å². The van der Waals surface area contributed by atoms with E-state index in [4.69, 9.17) is 4.74 Å². The summed E-state index contributed by atoms with van der Waals surface area (Å²) in [7, 11) is 1.69. The lowest BCUT2D eigenvalue weighted by Gasteiger charge is -1.90. The summed E-state index contributed by atoms with van der Waals surface area (Å²) in [6.07, 6.45) is 0.877. The molecule has 0 atom stereocenters. The predicted molar refractivity (Wildman–Crippen MR) is 40.2 cm³/mol. The normalized spacial score (nSPS) is 10.2. The predicted octanol–water partition coefficient (Wildman–Crippen LogP) is 1.04. The van der Waals surface area contributed by atoms with Gasteiger partial charge >= 0.3 is 0 Å². The molecule has 0 radical (unpaired) electrons. The summed E-state index contributed by atoms with van der Waals surface area (Å²) in [6.45, 7) is 2.68. The quantitative estimate of drug-likeness (QED) is 0.659. The molecule has 0 saturated heterocycles. The Morgan fingerprint density at radius 3 is 2.80 bits per heavy atom. The molecule has 0 saturated carbocycles. The molecule has 0 aromatic carbocycles. The molecule has 0 aliphatic rings. The third kappa shape index (κ3) is 2.04. The van der Waals surface area contributed by atoms with Crippen LogP contribution in [-0.2, 0) is 11.2 Å². The average Bonchev–Trinajstić information content (AvgIpc) is 2.31. The lowest BCUT2D eigenvalue weighted by molar-refractivity contribution is 0.202. The first kappa shape index (κ1) is 7.63. The van der Waals surface area contributed by atoms with Crippen LogP contribution in [0.25, 0.3) is 0 Å². The van der Waals surface area contributed by atoms with Crippen LogP contribution < -0.4 is 0 Å². The number of ether oxygens (including phenoxy) is 1. The van der Waals surface area contributed by atoms with Crippen LogP contribution in [0.1, 0.15) is 10.0 Å². The fourth-order valence-corrected chi connectivity index (χ4v) is 1.32. The van der Waals surface area contributed by atoms with Crippen LogP contribution in [0.5, 0.6) is 0 Å². The lowest BCUT2D eigenvalue weighted by atomic mass is 10.5. The van der Waals surface area contributed by atoms with E-state index in [1.54, 1.807) is 18.4 Å². The molecule has 0 N–H and O–H groups in total. The number of hydrogen-bond acceptors (Lipinski definition) is 4. The number of methoxy groups -OCH3 is 1. The largest absolute Gasteiger partial charge is 0.384 e. The number of aryl methyl sites for hydroxylation is 1. The molecule has 0 amide bonds. The molecule has 4 heteroatoms. The molecule has 0 bridgehead atoms. The van der Waals surface area contributed by atoms with Crippen LogP contribution in [0.2, 0.25) is 0 Å². The van der Waals surface area contributed by atoms with Gasteiger partial charge in [0.25, 0.3) is 0 Å². The zero-order chi connectivity index (χ0) is 7.40. The number of aromatic nitrogens is 2. The minimum atomic E-state index is 0.731. The highest BCUT2D eigenvalue weighted by Crippen LogP contribution is 2.07. The smallest absolute Gasteiger partial charge is 0.119 e. The van der Waals surface area contributed by atoms with E-state index in [1.165, 1.54) is 0 Å². The van der Waals surface area contributed by atoms with Gasteiger partial charge in [-0.3, -0.25) is 0 Å². The van der Waals surface area contributed by atoms with Crippen molar-refractivity contribution >= 4 is 11.3 Å². The van der Waals surface area contributed by atoms with Crippen molar-refractivity contribution in [3.8, 4) is 0 Å². The molecule has 0 aliphatic heterocycles. The Morgan fingerprint density at radius 2 is 2.30 bits per heavy atom. The van der Waals surface area contributed by atoms with Crippen LogP contribution in [0.4, 0.5) is 0 Å². The highest BCUT2D eigenvalue weighted by molar-refractivity contribution is 7.11. The molecule has 0 fully saturated rings. The Kier molecular flexibility index (Phi) is 2.77. The van der Waals surface area contributed by atoms with Gasteiger partial charge in [-0.1, -0.05) is 0 Å². The average molecular weight is 158 g/mol. The summed E-state index contributed by atoms with van der Waals surface area (Å²) in [5.74, 6) is 0. The zero-order valence-corrected chi connectivity index (χ0v) is 6.94. The van der Waals surface area contributed by atoms with Crippen LogP contribution >= 0.6 is 11.3 Å². The lowest BCUT2D eigenvalue weighted by Crippen LogP contribution is -1.92. The first-order valence-corrected chi connectivity index (χ1v) is 3.92. The van der Waals surface area contributed by atoms with E-state index in [2.05, 4.69) is 10.2 Å². The Morgan fingerprint density at radius 1 is 1.50 bits per heavy atom. The molecule has 3 nitrogen and oxygen atoms in total. The molecule has 10 heavy (non-hydrogen) atoms. The molecule has 1 rings (SSSR count). The molecule has 56 valence electrons. The van der Waals surface area contributed by atoms with Crippen molar-refractivity contribution in [1.29, 1.82) is 0 Å². The van der Waals surface area contributed by atoms with Gasteiger partial charge in [0.05, 0.1) is 6.61 Å². The number of nitrogens with zero attached hydrogens (tertiary/aromatic N) is 2. The first-order valence-electron chi connectivity index (χ1n) is 3.11. The van der Waals surface area contributed by atoms with E-state index < -0.39 is 0 Å². The summed E-state index contributed by atoms with van der Waals surface area (Å²) in [5.41, 5.74) is 0. The maximum absolute atomic E-state index is 4.89. The molecule has 1 aromatic rings. The number of rotatable bonds is 3. The molecule has 1 aromatic heterocycles. The Bertz CT molecular complexity index is 199. The zero-order valence-electron chi connectivity index (χ0n) is 6.13. The van der Waals surface area contributed by atoms with Crippen molar-refractivity contribution in [2.75, 3.05) is 13.7 Å². The maximum atomic E-state index is 4.89.